The Morgan fingerprint density at radius 3 is 2.08 bits per heavy atom. The molecular weight excluding hydrogens is 368 g/mol. The van der Waals surface area contributed by atoms with Gasteiger partial charge in [-0.3, -0.25) is 10.2 Å². The van der Waals surface area contributed by atoms with Gasteiger partial charge in [-0.25, -0.2) is 8.42 Å². The highest BCUT2D eigenvalue weighted by atomic mass is 32.2. The average Bonchev–Trinajstić information content (AvgIpc) is 3.10. The summed E-state index contributed by atoms with van der Waals surface area (Å²) >= 11 is 1.26. The van der Waals surface area contributed by atoms with Crippen LogP contribution in [-0.2, 0) is 10.0 Å². The number of rotatable bonds is 5. The van der Waals surface area contributed by atoms with Crippen LogP contribution < -0.4 is 10.3 Å². The molecule has 0 aliphatic rings. The number of carbonyl (C=O) groups excluding carboxylic acids is 1. The molecular formula is C19H18N2O3S2. The number of thiophene rings is 1. The number of amides is 1. The van der Waals surface area contributed by atoms with Gasteiger partial charge in [0.05, 0.1) is 4.90 Å². The normalized spacial score (nSPS) is 11.3. The molecule has 5 nitrogen and oxygen atoms in total. The third-order valence-corrected chi connectivity index (χ3v) is 6.04. The fourth-order valence-corrected chi connectivity index (χ4v) is 4.04. The van der Waals surface area contributed by atoms with E-state index in [2.05, 4.69) is 10.3 Å². The number of benzene rings is 2. The Bertz CT molecular complexity index is 1020. The quantitative estimate of drug-likeness (QED) is 0.657. The molecule has 26 heavy (non-hydrogen) atoms. The van der Waals surface area contributed by atoms with Gasteiger partial charge in [-0.1, -0.05) is 47.5 Å². The van der Waals surface area contributed by atoms with Crippen molar-refractivity contribution < 1.29 is 13.2 Å². The first-order valence-electron chi connectivity index (χ1n) is 7.90. The first kappa shape index (κ1) is 18.3. The zero-order valence-electron chi connectivity index (χ0n) is 14.3. The predicted octanol–water partition coefficient (Wildman–Crippen LogP) is 3.66. The van der Waals surface area contributed by atoms with E-state index in [9.17, 15) is 13.2 Å². The molecule has 3 rings (SSSR count). The summed E-state index contributed by atoms with van der Waals surface area (Å²) in [7, 11) is -3.82. The van der Waals surface area contributed by atoms with E-state index in [0.717, 1.165) is 22.3 Å². The lowest BCUT2D eigenvalue weighted by atomic mass is 10.1. The molecule has 0 aliphatic heterocycles. The molecule has 0 bridgehead atoms. The first-order valence-corrected chi connectivity index (χ1v) is 10.3. The highest BCUT2D eigenvalue weighted by molar-refractivity contribution is 7.89. The molecule has 0 radical (unpaired) electrons. The number of hydrogen-bond acceptors (Lipinski definition) is 4. The summed E-state index contributed by atoms with van der Waals surface area (Å²) in [5.41, 5.74) is 6.04. The Labute approximate surface area is 156 Å². The van der Waals surface area contributed by atoms with Gasteiger partial charge < -0.3 is 0 Å². The van der Waals surface area contributed by atoms with Crippen LogP contribution in [0.15, 0.2) is 64.9 Å². The van der Waals surface area contributed by atoms with Crippen LogP contribution in [0.4, 0.5) is 0 Å². The maximum atomic E-state index is 12.5. The Morgan fingerprint density at radius 1 is 0.885 bits per heavy atom. The number of hydrazine groups is 1. The molecule has 1 heterocycles. The number of hydrogen-bond donors (Lipinski definition) is 2. The van der Waals surface area contributed by atoms with Gasteiger partial charge in [0.15, 0.2) is 0 Å². The van der Waals surface area contributed by atoms with Gasteiger partial charge in [0, 0.05) is 5.56 Å². The van der Waals surface area contributed by atoms with E-state index < -0.39 is 15.9 Å². The van der Waals surface area contributed by atoms with E-state index in [-0.39, 0.29) is 4.90 Å². The van der Waals surface area contributed by atoms with E-state index in [4.69, 9.17) is 0 Å². The molecule has 3 aromatic rings. The molecule has 0 unspecified atom stereocenters. The molecule has 2 aromatic carbocycles. The Balaban J connectivity index is 1.76. The van der Waals surface area contributed by atoms with Gasteiger partial charge in [-0.05, 0) is 43.0 Å². The van der Waals surface area contributed by atoms with Crippen LogP contribution in [0.3, 0.4) is 0 Å². The molecule has 0 atom stereocenters. The predicted molar refractivity (Wildman–Crippen MR) is 103 cm³/mol. The molecule has 1 aromatic heterocycles. The number of aryl methyl sites for hydroxylation is 2. The lowest BCUT2D eigenvalue weighted by Crippen LogP contribution is -2.41. The Hall–Kier alpha value is -2.48. The van der Waals surface area contributed by atoms with Gasteiger partial charge in [0.1, 0.15) is 4.88 Å². The summed E-state index contributed by atoms with van der Waals surface area (Å²) in [5, 5.41) is 1.80. The van der Waals surface area contributed by atoms with E-state index in [0.29, 0.717) is 4.88 Å². The van der Waals surface area contributed by atoms with Crippen LogP contribution in [0.2, 0.25) is 0 Å². The minimum absolute atomic E-state index is 0.0911. The van der Waals surface area contributed by atoms with Crippen molar-refractivity contribution >= 4 is 27.3 Å². The minimum atomic E-state index is -3.82. The second kappa shape index (κ2) is 7.41. The molecule has 0 spiro atoms. The molecule has 134 valence electrons. The molecule has 1 amide bonds. The summed E-state index contributed by atoms with van der Waals surface area (Å²) in [6, 6.07) is 16.0. The highest BCUT2D eigenvalue weighted by Gasteiger charge is 2.18. The lowest BCUT2D eigenvalue weighted by Gasteiger charge is -2.09. The van der Waals surface area contributed by atoms with Gasteiger partial charge in [-0.15, -0.1) is 16.2 Å². The maximum absolute atomic E-state index is 12.5. The summed E-state index contributed by atoms with van der Waals surface area (Å²) in [6.07, 6.45) is 0. The van der Waals surface area contributed by atoms with Crippen LogP contribution in [0.1, 0.15) is 20.8 Å². The van der Waals surface area contributed by atoms with E-state index >= 15 is 0 Å². The van der Waals surface area contributed by atoms with Crippen LogP contribution >= 0.6 is 11.3 Å². The van der Waals surface area contributed by atoms with Crippen molar-refractivity contribution in [2.24, 2.45) is 0 Å². The number of sulfonamides is 1. The Morgan fingerprint density at radius 2 is 1.46 bits per heavy atom. The second-order valence-corrected chi connectivity index (χ2v) is 8.50. The molecule has 7 heteroatoms. The van der Waals surface area contributed by atoms with Crippen molar-refractivity contribution in [1.82, 2.24) is 10.3 Å². The molecule has 0 saturated heterocycles. The lowest BCUT2D eigenvalue weighted by molar-refractivity contribution is 0.0950. The maximum Gasteiger partial charge on any atom is 0.276 e. The van der Waals surface area contributed by atoms with Crippen molar-refractivity contribution in [2.75, 3.05) is 0 Å². The van der Waals surface area contributed by atoms with E-state index in [1.165, 1.54) is 23.5 Å². The fraction of sp³-hybridized carbons (Fsp3) is 0.105. The first-order chi connectivity index (χ1) is 12.4. The molecule has 2 N–H and O–H groups in total. The smallest absolute Gasteiger partial charge is 0.273 e. The SMILES string of the molecule is Cc1ccc(-c2ccsc2C(=O)NNS(=O)(=O)c2ccc(C)cc2)cc1. The number of nitrogens with one attached hydrogen (secondary N) is 2. The molecule has 0 saturated carbocycles. The molecule has 0 aliphatic carbocycles. The van der Waals surface area contributed by atoms with Gasteiger partial charge in [0.2, 0.25) is 0 Å². The largest absolute Gasteiger partial charge is 0.276 e. The summed E-state index contributed by atoms with van der Waals surface area (Å²) in [5.74, 6) is -0.494. The van der Waals surface area contributed by atoms with Gasteiger partial charge in [-0.2, -0.15) is 0 Å². The highest BCUT2D eigenvalue weighted by Crippen LogP contribution is 2.28. The van der Waals surface area contributed by atoms with Crippen LogP contribution in [0.25, 0.3) is 11.1 Å². The Kier molecular flexibility index (Phi) is 5.22. The van der Waals surface area contributed by atoms with Gasteiger partial charge in [0.25, 0.3) is 15.9 Å². The van der Waals surface area contributed by atoms with E-state index in [1.807, 2.05) is 44.2 Å². The van der Waals surface area contributed by atoms with Gasteiger partial charge >= 0.3 is 0 Å². The number of carbonyl (C=O) groups is 1. The van der Waals surface area contributed by atoms with Crippen molar-refractivity contribution in [3.8, 4) is 11.1 Å². The van der Waals surface area contributed by atoms with Crippen LogP contribution in [0, 0.1) is 13.8 Å². The fourth-order valence-electron chi connectivity index (χ4n) is 2.39. The summed E-state index contributed by atoms with van der Waals surface area (Å²) in [4.78, 5) is 15.2. The van der Waals surface area contributed by atoms with Crippen molar-refractivity contribution in [3.05, 3.63) is 76.0 Å². The zero-order chi connectivity index (χ0) is 18.7. The van der Waals surface area contributed by atoms with Crippen LogP contribution in [-0.4, -0.2) is 14.3 Å². The average molecular weight is 386 g/mol. The van der Waals surface area contributed by atoms with Crippen LogP contribution in [0.5, 0.6) is 0 Å². The van der Waals surface area contributed by atoms with Crippen molar-refractivity contribution in [2.45, 2.75) is 18.7 Å². The second-order valence-electron chi connectivity index (χ2n) is 5.90. The molecule has 0 fully saturated rings. The third-order valence-electron chi connectivity index (χ3n) is 3.86. The monoisotopic (exact) mass is 386 g/mol. The third kappa shape index (κ3) is 4.01. The van der Waals surface area contributed by atoms with Crippen molar-refractivity contribution in [3.63, 3.8) is 0 Å². The van der Waals surface area contributed by atoms with E-state index in [1.54, 1.807) is 17.5 Å². The standard InChI is InChI=1S/C19H18N2O3S2/c1-13-3-7-15(8-4-13)17-11-12-25-18(17)19(22)20-21-26(23,24)16-9-5-14(2)6-10-16/h3-12,21H,1-2H3,(H,20,22). The topological polar surface area (TPSA) is 75.3 Å². The summed E-state index contributed by atoms with van der Waals surface area (Å²) in [6.45, 7) is 3.86. The summed E-state index contributed by atoms with van der Waals surface area (Å²) < 4.78 is 24.6. The van der Waals surface area contributed by atoms with Crippen molar-refractivity contribution in [1.29, 1.82) is 0 Å². The minimum Gasteiger partial charge on any atom is -0.273 e. The zero-order valence-corrected chi connectivity index (χ0v) is 15.9.